The summed E-state index contributed by atoms with van der Waals surface area (Å²) in [7, 11) is -2.54. The molecule has 17 heavy (non-hydrogen) atoms. The summed E-state index contributed by atoms with van der Waals surface area (Å²) in [5.74, 6) is -0.773. The quantitative estimate of drug-likeness (QED) is 0.823. The molecule has 0 bridgehead atoms. The number of hydrogen-bond acceptors (Lipinski definition) is 5. The molecule has 1 aromatic heterocycles. The SMILES string of the molecule is COC(=O)C(C)S(=O)(=O)NCc1cc(Br)cs1. The van der Waals surface area contributed by atoms with Gasteiger partial charge in [-0.3, -0.25) is 4.79 Å². The van der Waals surface area contributed by atoms with E-state index in [1.807, 2.05) is 11.4 Å². The Labute approximate surface area is 112 Å². The van der Waals surface area contributed by atoms with Crippen molar-refractivity contribution in [3.05, 3.63) is 20.8 Å². The first-order valence-corrected chi connectivity index (χ1v) is 7.88. The summed E-state index contributed by atoms with van der Waals surface area (Å²) < 4.78 is 31.0. The highest BCUT2D eigenvalue weighted by Crippen LogP contribution is 2.19. The van der Waals surface area contributed by atoms with E-state index in [2.05, 4.69) is 25.4 Å². The Morgan fingerprint density at radius 1 is 1.65 bits per heavy atom. The lowest BCUT2D eigenvalue weighted by Crippen LogP contribution is -2.37. The second-order valence-corrected chi connectivity index (χ2v) is 7.26. The van der Waals surface area contributed by atoms with Gasteiger partial charge in [-0.2, -0.15) is 0 Å². The van der Waals surface area contributed by atoms with Crippen molar-refractivity contribution in [3.8, 4) is 0 Å². The van der Waals surface area contributed by atoms with Gasteiger partial charge in [-0.05, 0) is 28.9 Å². The first kappa shape index (κ1) is 14.6. The van der Waals surface area contributed by atoms with Crippen LogP contribution in [0.1, 0.15) is 11.8 Å². The van der Waals surface area contributed by atoms with Crippen molar-refractivity contribution < 1.29 is 17.9 Å². The van der Waals surface area contributed by atoms with E-state index in [1.54, 1.807) is 0 Å². The second kappa shape index (κ2) is 5.94. The fraction of sp³-hybridized carbons (Fsp3) is 0.444. The fourth-order valence-corrected chi connectivity index (χ4v) is 3.47. The number of halogens is 1. The van der Waals surface area contributed by atoms with Crippen molar-refractivity contribution in [3.63, 3.8) is 0 Å². The summed E-state index contributed by atoms with van der Waals surface area (Å²) in [5.41, 5.74) is 0. The highest BCUT2D eigenvalue weighted by atomic mass is 79.9. The lowest BCUT2D eigenvalue weighted by atomic mass is 10.5. The Kier molecular flexibility index (Phi) is 5.11. The smallest absolute Gasteiger partial charge is 0.325 e. The largest absolute Gasteiger partial charge is 0.468 e. The van der Waals surface area contributed by atoms with Gasteiger partial charge in [-0.1, -0.05) is 0 Å². The first-order chi connectivity index (χ1) is 7.86. The second-order valence-electron chi connectivity index (χ2n) is 3.26. The van der Waals surface area contributed by atoms with Crippen LogP contribution in [0, 0.1) is 0 Å². The maximum atomic E-state index is 11.7. The third kappa shape index (κ3) is 4.06. The van der Waals surface area contributed by atoms with Gasteiger partial charge in [0.25, 0.3) is 0 Å². The van der Waals surface area contributed by atoms with Crippen molar-refractivity contribution in [1.82, 2.24) is 4.72 Å². The van der Waals surface area contributed by atoms with Gasteiger partial charge in [-0.15, -0.1) is 11.3 Å². The predicted molar refractivity (Wildman–Crippen MR) is 69.3 cm³/mol. The average Bonchev–Trinajstić information content (AvgIpc) is 2.70. The zero-order valence-electron chi connectivity index (χ0n) is 9.27. The Morgan fingerprint density at radius 3 is 2.76 bits per heavy atom. The third-order valence-electron chi connectivity index (χ3n) is 2.07. The van der Waals surface area contributed by atoms with Gasteiger partial charge >= 0.3 is 5.97 Å². The van der Waals surface area contributed by atoms with Crippen LogP contribution in [0.4, 0.5) is 0 Å². The molecule has 1 atom stereocenters. The van der Waals surface area contributed by atoms with E-state index < -0.39 is 21.2 Å². The maximum absolute atomic E-state index is 11.7. The monoisotopic (exact) mass is 341 g/mol. The molecular formula is C9H12BrNO4S2. The van der Waals surface area contributed by atoms with Crippen molar-refractivity contribution >= 4 is 43.3 Å². The van der Waals surface area contributed by atoms with Gasteiger partial charge < -0.3 is 4.74 Å². The zero-order valence-corrected chi connectivity index (χ0v) is 12.5. The van der Waals surface area contributed by atoms with E-state index in [4.69, 9.17) is 0 Å². The molecule has 0 saturated carbocycles. The Hall–Kier alpha value is -0.440. The molecule has 1 heterocycles. The topological polar surface area (TPSA) is 72.5 Å². The van der Waals surface area contributed by atoms with Gasteiger partial charge in [0.05, 0.1) is 7.11 Å². The van der Waals surface area contributed by atoms with Crippen molar-refractivity contribution in [2.24, 2.45) is 0 Å². The molecule has 0 aliphatic rings. The molecule has 96 valence electrons. The molecule has 0 fully saturated rings. The summed E-state index contributed by atoms with van der Waals surface area (Å²) in [6.45, 7) is 1.46. The molecule has 0 radical (unpaired) electrons. The minimum Gasteiger partial charge on any atom is -0.468 e. The molecule has 1 aromatic rings. The summed E-state index contributed by atoms with van der Waals surface area (Å²) in [5, 5.41) is 0.642. The van der Waals surface area contributed by atoms with Crippen molar-refractivity contribution in [2.45, 2.75) is 18.7 Å². The van der Waals surface area contributed by atoms with Crippen LogP contribution in [0.25, 0.3) is 0 Å². The number of carbonyl (C=O) groups is 1. The lowest BCUT2D eigenvalue weighted by Gasteiger charge is -2.11. The van der Waals surface area contributed by atoms with Crippen LogP contribution in [-0.2, 0) is 26.1 Å². The first-order valence-electron chi connectivity index (χ1n) is 4.66. The average molecular weight is 342 g/mol. The van der Waals surface area contributed by atoms with E-state index in [0.717, 1.165) is 16.5 Å². The van der Waals surface area contributed by atoms with E-state index >= 15 is 0 Å². The summed E-state index contributed by atoms with van der Waals surface area (Å²) >= 11 is 4.70. The molecule has 1 unspecified atom stereocenters. The third-order valence-corrected chi connectivity index (χ3v) is 5.44. The summed E-state index contributed by atoms with van der Waals surface area (Å²) in [6.07, 6.45) is 0. The minimum absolute atomic E-state index is 0.167. The molecule has 0 aromatic carbocycles. The molecule has 0 saturated heterocycles. The standard InChI is InChI=1S/C9H12BrNO4S2/c1-6(9(12)15-2)17(13,14)11-4-8-3-7(10)5-16-8/h3,5-6,11H,4H2,1-2H3. The van der Waals surface area contributed by atoms with Crippen LogP contribution in [-0.4, -0.2) is 26.7 Å². The van der Waals surface area contributed by atoms with Crippen LogP contribution in [0.15, 0.2) is 15.9 Å². The number of rotatable bonds is 5. The minimum atomic E-state index is -3.69. The van der Waals surface area contributed by atoms with E-state index in [0.29, 0.717) is 0 Å². The number of sulfonamides is 1. The molecule has 0 spiro atoms. The molecule has 8 heteroatoms. The van der Waals surface area contributed by atoms with Crippen LogP contribution < -0.4 is 4.72 Å². The fourth-order valence-electron chi connectivity index (χ4n) is 1.04. The van der Waals surface area contributed by atoms with Crippen LogP contribution in [0.2, 0.25) is 0 Å². The zero-order chi connectivity index (χ0) is 13.1. The van der Waals surface area contributed by atoms with Gasteiger partial charge in [0.2, 0.25) is 10.0 Å². The Balaban J connectivity index is 2.64. The maximum Gasteiger partial charge on any atom is 0.325 e. The number of esters is 1. The molecule has 1 rings (SSSR count). The highest BCUT2D eigenvalue weighted by Gasteiger charge is 2.28. The number of carbonyl (C=O) groups excluding carboxylic acids is 1. The summed E-state index contributed by atoms with van der Waals surface area (Å²) in [6, 6.07) is 1.82. The lowest BCUT2D eigenvalue weighted by molar-refractivity contribution is -0.139. The number of hydrogen-bond donors (Lipinski definition) is 1. The predicted octanol–water partition coefficient (Wildman–Crippen LogP) is 1.49. The van der Waals surface area contributed by atoms with Gasteiger partial charge in [0, 0.05) is 21.3 Å². The molecule has 0 aliphatic heterocycles. The number of nitrogens with one attached hydrogen (secondary N) is 1. The van der Waals surface area contributed by atoms with Crippen LogP contribution >= 0.6 is 27.3 Å². The molecule has 1 N–H and O–H groups in total. The van der Waals surface area contributed by atoms with E-state index in [-0.39, 0.29) is 6.54 Å². The normalized spacial score (nSPS) is 13.4. The van der Waals surface area contributed by atoms with Crippen LogP contribution in [0.5, 0.6) is 0 Å². The van der Waals surface area contributed by atoms with Gasteiger partial charge in [0.1, 0.15) is 0 Å². The van der Waals surface area contributed by atoms with E-state index in [1.165, 1.54) is 18.3 Å². The van der Waals surface area contributed by atoms with Gasteiger partial charge in [0.15, 0.2) is 5.25 Å². The molecule has 5 nitrogen and oxygen atoms in total. The number of methoxy groups -OCH3 is 1. The Bertz CT molecular complexity index is 497. The Morgan fingerprint density at radius 2 is 2.29 bits per heavy atom. The number of thiophene rings is 1. The number of ether oxygens (including phenoxy) is 1. The van der Waals surface area contributed by atoms with Crippen molar-refractivity contribution in [2.75, 3.05) is 7.11 Å². The molecule has 0 aliphatic carbocycles. The highest BCUT2D eigenvalue weighted by molar-refractivity contribution is 9.10. The molecular weight excluding hydrogens is 330 g/mol. The summed E-state index contributed by atoms with van der Waals surface area (Å²) in [4.78, 5) is 12.0. The van der Waals surface area contributed by atoms with Crippen LogP contribution in [0.3, 0.4) is 0 Å². The van der Waals surface area contributed by atoms with Gasteiger partial charge in [-0.25, -0.2) is 13.1 Å². The van der Waals surface area contributed by atoms with Crippen molar-refractivity contribution in [1.29, 1.82) is 0 Å². The van der Waals surface area contributed by atoms with E-state index in [9.17, 15) is 13.2 Å². The molecule has 0 amide bonds.